The molecule has 0 fully saturated rings. The van der Waals surface area contributed by atoms with Crippen molar-refractivity contribution in [2.45, 2.75) is 46.6 Å². The van der Waals surface area contributed by atoms with Gasteiger partial charge in [0.2, 0.25) is 0 Å². The molecule has 1 heterocycles. The Bertz CT molecular complexity index is 638. The largest absolute Gasteiger partial charge is 0.294 e. The van der Waals surface area contributed by atoms with Crippen molar-refractivity contribution >= 4 is 21.7 Å². The van der Waals surface area contributed by atoms with Gasteiger partial charge in [0, 0.05) is 22.3 Å². The van der Waals surface area contributed by atoms with E-state index in [0.717, 1.165) is 33.3 Å². The Hall–Kier alpha value is -1.42. The molecule has 0 saturated carbocycles. The van der Waals surface area contributed by atoms with Crippen LogP contribution in [0.4, 0.5) is 0 Å². The second-order valence-electron chi connectivity index (χ2n) is 5.57. The molecule has 1 atom stereocenters. The van der Waals surface area contributed by atoms with Gasteiger partial charge in [-0.1, -0.05) is 22.9 Å². The van der Waals surface area contributed by atoms with Gasteiger partial charge in [0.15, 0.2) is 5.78 Å². The van der Waals surface area contributed by atoms with E-state index in [9.17, 15) is 4.79 Å². The van der Waals surface area contributed by atoms with Crippen LogP contribution < -0.4 is 0 Å². The van der Waals surface area contributed by atoms with Crippen LogP contribution in [-0.2, 0) is 6.42 Å². The lowest BCUT2D eigenvalue weighted by molar-refractivity contribution is 0.0991. The molecule has 1 unspecified atom stereocenters. The summed E-state index contributed by atoms with van der Waals surface area (Å²) in [6.07, 6.45) is 3.33. The minimum Gasteiger partial charge on any atom is -0.294 e. The third-order valence-electron chi connectivity index (χ3n) is 3.81. The van der Waals surface area contributed by atoms with Crippen molar-refractivity contribution in [3.05, 3.63) is 51.3 Å². The van der Waals surface area contributed by atoms with Gasteiger partial charge >= 0.3 is 0 Å². The van der Waals surface area contributed by atoms with Gasteiger partial charge in [0.25, 0.3) is 0 Å². The third kappa shape index (κ3) is 3.62. The number of carbonyl (C=O) groups excluding carboxylic acids is 1. The highest BCUT2D eigenvalue weighted by Crippen LogP contribution is 2.23. The topological polar surface area (TPSA) is 34.9 Å². The maximum Gasteiger partial charge on any atom is 0.168 e. The van der Waals surface area contributed by atoms with Crippen LogP contribution in [0.3, 0.4) is 0 Å². The van der Waals surface area contributed by atoms with Crippen LogP contribution in [0.1, 0.15) is 53.5 Å². The monoisotopic (exact) mass is 348 g/mol. The number of aryl methyl sites for hydroxylation is 2. The summed E-state index contributed by atoms with van der Waals surface area (Å²) < 4.78 is 3.00. The highest BCUT2D eigenvalue weighted by Gasteiger charge is 2.13. The molecule has 3 nitrogen and oxygen atoms in total. The van der Waals surface area contributed by atoms with Gasteiger partial charge in [-0.3, -0.25) is 9.48 Å². The molecule has 4 heteroatoms. The molecule has 0 amide bonds. The number of ketones is 1. The molecule has 21 heavy (non-hydrogen) atoms. The van der Waals surface area contributed by atoms with Crippen LogP contribution in [0.2, 0.25) is 0 Å². The quantitative estimate of drug-likeness (QED) is 0.736. The molecule has 1 aromatic carbocycles. The Balaban J connectivity index is 2.16. The molecule has 0 N–H and O–H groups in total. The van der Waals surface area contributed by atoms with Crippen LogP contribution in [0.15, 0.2) is 28.9 Å². The standard InChI is InChI=1S/C17H21BrN2O/c1-5-13(4)20-7-6-15(19-20)10-16(21)14-8-11(2)17(18)12(3)9-14/h6-9,13H,5,10H2,1-4H3. The Morgan fingerprint density at radius 2 is 1.95 bits per heavy atom. The Morgan fingerprint density at radius 1 is 1.33 bits per heavy atom. The predicted molar refractivity (Wildman–Crippen MR) is 88.9 cm³/mol. The zero-order chi connectivity index (χ0) is 15.6. The summed E-state index contributed by atoms with van der Waals surface area (Å²) >= 11 is 3.53. The highest BCUT2D eigenvalue weighted by molar-refractivity contribution is 9.10. The van der Waals surface area contributed by atoms with Gasteiger partial charge in [-0.15, -0.1) is 0 Å². The van der Waals surface area contributed by atoms with Gasteiger partial charge in [-0.2, -0.15) is 5.10 Å². The summed E-state index contributed by atoms with van der Waals surface area (Å²) in [6, 6.07) is 6.17. The fourth-order valence-corrected chi connectivity index (χ4v) is 2.51. The number of Topliss-reactive ketones (excluding diaryl/α,β-unsaturated/α-hetero) is 1. The minimum atomic E-state index is 0.114. The van der Waals surface area contributed by atoms with Gasteiger partial charge in [-0.05, 0) is 56.5 Å². The van der Waals surface area contributed by atoms with Crippen molar-refractivity contribution in [1.29, 1.82) is 0 Å². The van der Waals surface area contributed by atoms with Crippen molar-refractivity contribution in [3.63, 3.8) is 0 Å². The molecule has 0 spiro atoms. The number of nitrogens with zero attached hydrogens (tertiary/aromatic N) is 2. The van der Waals surface area contributed by atoms with E-state index in [-0.39, 0.29) is 5.78 Å². The average molecular weight is 349 g/mol. The van der Waals surface area contributed by atoms with Gasteiger partial charge in [-0.25, -0.2) is 0 Å². The maximum absolute atomic E-state index is 12.4. The molecule has 0 aliphatic rings. The second kappa shape index (κ2) is 6.56. The molecule has 0 aliphatic carbocycles. The van der Waals surface area contributed by atoms with E-state index < -0.39 is 0 Å². The molecule has 0 saturated heterocycles. The zero-order valence-corrected chi connectivity index (χ0v) is 14.6. The zero-order valence-electron chi connectivity index (χ0n) is 13.0. The first-order valence-corrected chi connectivity index (χ1v) is 8.05. The van der Waals surface area contributed by atoms with Crippen LogP contribution in [0.5, 0.6) is 0 Å². The van der Waals surface area contributed by atoms with Crippen molar-refractivity contribution in [2.75, 3.05) is 0 Å². The van der Waals surface area contributed by atoms with E-state index in [1.807, 2.05) is 42.9 Å². The summed E-state index contributed by atoms with van der Waals surface area (Å²) in [7, 11) is 0. The number of rotatable bonds is 5. The summed E-state index contributed by atoms with van der Waals surface area (Å²) in [6.45, 7) is 8.27. The Kier molecular flexibility index (Phi) is 4.99. The first-order chi connectivity index (χ1) is 9.92. The molecule has 1 aromatic heterocycles. The summed E-state index contributed by atoms with van der Waals surface area (Å²) in [4.78, 5) is 12.4. The van der Waals surface area contributed by atoms with Gasteiger partial charge < -0.3 is 0 Å². The highest BCUT2D eigenvalue weighted by atomic mass is 79.9. The van der Waals surface area contributed by atoms with Crippen molar-refractivity contribution < 1.29 is 4.79 Å². The van der Waals surface area contributed by atoms with Crippen LogP contribution in [-0.4, -0.2) is 15.6 Å². The van der Waals surface area contributed by atoms with Crippen molar-refractivity contribution in [2.24, 2.45) is 0 Å². The van der Waals surface area contributed by atoms with E-state index >= 15 is 0 Å². The smallest absolute Gasteiger partial charge is 0.168 e. The Labute approximate surface area is 134 Å². The number of hydrogen-bond acceptors (Lipinski definition) is 2. The van der Waals surface area contributed by atoms with E-state index in [1.54, 1.807) is 0 Å². The summed E-state index contributed by atoms with van der Waals surface area (Å²) in [5, 5.41) is 4.50. The van der Waals surface area contributed by atoms with E-state index in [0.29, 0.717) is 12.5 Å². The lowest BCUT2D eigenvalue weighted by atomic mass is 10.0. The summed E-state index contributed by atoms with van der Waals surface area (Å²) in [5.74, 6) is 0.114. The molecule has 0 aliphatic heterocycles. The molecule has 0 radical (unpaired) electrons. The van der Waals surface area contributed by atoms with Gasteiger partial charge in [0.05, 0.1) is 12.1 Å². The van der Waals surface area contributed by atoms with E-state index in [2.05, 4.69) is 34.9 Å². The SMILES string of the molecule is CCC(C)n1ccc(CC(=O)c2cc(C)c(Br)c(C)c2)n1. The number of halogens is 1. The third-order valence-corrected chi connectivity index (χ3v) is 5.06. The van der Waals surface area contributed by atoms with Crippen molar-refractivity contribution in [3.8, 4) is 0 Å². The Morgan fingerprint density at radius 3 is 2.52 bits per heavy atom. The van der Waals surface area contributed by atoms with Crippen LogP contribution in [0.25, 0.3) is 0 Å². The fraction of sp³-hybridized carbons (Fsp3) is 0.412. The van der Waals surface area contributed by atoms with Crippen LogP contribution in [0, 0.1) is 13.8 Å². The molecular formula is C17H21BrN2O. The lowest BCUT2D eigenvalue weighted by Gasteiger charge is -2.08. The van der Waals surface area contributed by atoms with Crippen LogP contribution >= 0.6 is 15.9 Å². The predicted octanol–water partition coefficient (Wildman–Crippen LogP) is 4.66. The molecular weight excluding hydrogens is 328 g/mol. The molecule has 0 bridgehead atoms. The number of aromatic nitrogens is 2. The summed E-state index contributed by atoms with van der Waals surface area (Å²) in [5.41, 5.74) is 3.76. The van der Waals surface area contributed by atoms with E-state index in [1.165, 1.54) is 0 Å². The van der Waals surface area contributed by atoms with Gasteiger partial charge in [0.1, 0.15) is 0 Å². The number of benzene rings is 1. The molecule has 112 valence electrons. The lowest BCUT2D eigenvalue weighted by Crippen LogP contribution is -2.08. The van der Waals surface area contributed by atoms with Crippen molar-refractivity contribution in [1.82, 2.24) is 9.78 Å². The fourth-order valence-electron chi connectivity index (χ4n) is 2.28. The first kappa shape index (κ1) is 16.0. The van der Waals surface area contributed by atoms with E-state index in [4.69, 9.17) is 0 Å². The molecule has 2 aromatic rings. The second-order valence-corrected chi connectivity index (χ2v) is 6.36. The first-order valence-electron chi connectivity index (χ1n) is 7.26. The average Bonchev–Trinajstić information content (AvgIpc) is 2.91. The normalized spacial score (nSPS) is 12.4. The molecule has 2 rings (SSSR count). The number of hydrogen-bond donors (Lipinski definition) is 0. The minimum absolute atomic E-state index is 0.114. The maximum atomic E-state index is 12.4. The number of carbonyl (C=O) groups is 1.